The van der Waals surface area contributed by atoms with Crippen molar-refractivity contribution in [2.45, 2.75) is 6.42 Å². The summed E-state index contributed by atoms with van der Waals surface area (Å²) < 4.78 is 9.49. The summed E-state index contributed by atoms with van der Waals surface area (Å²) in [6.07, 6.45) is 0.604. The van der Waals surface area contributed by atoms with Gasteiger partial charge in [-0.3, -0.25) is 0 Å². The van der Waals surface area contributed by atoms with Crippen molar-refractivity contribution < 1.29 is 4.57 Å². The van der Waals surface area contributed by atoms with Crippen molar-refractivity contribution >= 4 is 19.5 Å². The molecule has 0 heterocycles. The van der Waals surface area contributed by atoms with Crippen LogP contribution in [0.25, 0.3) is 0 Å². The fourth-order valence-corrected chi connectivity index (χ4v) is 0.517. The van der Waals surface area contributed by atoms with Gasteiger partial charge in [0.2, 0.25) is 0 Å². The van der Waals surface area contributed by atoms with Crippen molar-refractivity contribution in [3.05, 3.63) is 0 Å². The van der Waals surface area contributed by atoms with Gasteiger partial charge in [0, 0.05) is 0 Å². The second-order valence-corrected chi connectivity index (χ2v) is 1.57. The quantitative estimate of drug-likeness (QED) is 0.383. The van der Waals surface area contributed by atoms with Crippen molar-refractivity contribution in [3.63, 3.8) is 0 Å². The van der Waals surface area contributed by atoms with Gasteiger partial charge in [0.1, 0.15) is 0 Å². The van der Waals surface area contributed by atoms with E-state index in [9.17, 15) is 4.57 Å². The fraction of sp³-hybridized carbons (Fsp3) is 0.667. The molecule has 0 aromatic heterocycles. The Morgan fingerprint density at radius 3 is 2.67 bits per heavy atom. The molecule has 0 bridgehead atoms. The number of rotatable bonds is 1. The monoisotopic (exact) mass is 122 g/mol. The van der Waals surface area contributed by atoms with Gasteiger partial charge >= 0.3 is 42.0 Å². The third-order valence-corrected chi connectivity index (χ3v) is 0.813. The molecule has 3 heteroatoms. The van der Waals surface area contributed by atoms with E-state index in [2.05, 4.69) is 5.63 Å². The Morgan fingerprint density at radius 1 is 1.83 bits per heavy atom. The molecule has 6 heavy (non-hydrogen) atoms. The van der Waals surface area contributed by atoms with Gasteiger partial charge in [-0.1, -0.05) is 0 Å². The molecule has 0 amide bonds. The summed E-state index contributed by atoms with van der Waals surface area (Å²) in [6.45, 7) is 0. The second-order valence-electron chi connectivity index (χ2n) is 0.688. The molecule has 0 fully saturated rings. The Morgan fingerprint density at radius 2 is 2.50 bits per heavy atom. The molecule has 0 saturated heterocycles. The standard InChI is InChI=1S/C3H4ClOP/c4-2-1-3-6-5/h1-2H2. The molecule has 0 aromatic carbocycles. The summed E-state index contributed by atoms with van der Waals surface area (Å²) in [5, 5.41) is 0. The number of halogens is 1. The van der Waals surface area contributed by atoms with Gasteiger partial charge in [0.25, 0.3) is 0 Å². The molecular weight excluding hydrogens is 118 g/mol. The first-order valence-electron chi connectivity index (χ1n) is 1.53. The molecule has 0 saturated carbocycles. The van der Waals surface area contributed by atoms with Crippen molar-refractivity contribution in [1.82, 2.24) is 0 Å². The van der Waals surface area contributed by atoms with E-state index < -0.39 is 0 Å². The van der Waals surface area contributed by atoms with Crippen LogP contribution in [0.2, 0.25) is 0 Å². The molecule has 34 valence electrons. The van der Waals surface area contributed by atoms with E-state index in [0.717, 1.165) is 0 Å². The molecule has 0 N–H and O–H groups in total. The molecule has 0 radical (unpaired) electrons. The Labute approximate surface area is 42.8 Å². The zero-order valence-electron chi connectivity index (χ0n) is 3.15. The predicted octanol–water partition coefficient (Wildman–Crippen LogP) is 1.87. The van der Waals surface area contributed by atoms with Crippen LogP contribution in [-0.4, -0.2) is 5.88 Å². The van der Waals surface area contributed by atoms with E-state index in [1.165, 1.54) is 0 Å². The van der Waals surface area contributed by atoms with Crippen LogP contribution in [0.4, 0.5) is 0 Å². The van der Waals surface area contributed by atoms with Crippen molar-refractivity contribution in [2.24, 2.45) is 0 Å². The minimum atomic E-state index is -0.0390. The van der Waals surface area contributed by atoms with Crippen LogP contribution in [0.5, 0.6) is 0 Å². The molecule has 1 nitrogen and oxygen atoms in total. The van der Waals surface area contributed by atoms with Gasteiger partial charge in [0.15, 0.2) is 0 Å². The average molecular weight is 122 g/mol. The second kappa shape index (κ2) is 5.30. The van der Waals surface area contributed by atoms with Gasteiger partial charge in [0.05, 0.1) is 0 Å². The molecule has 0 aliphatic carbocycles. The van der Waals surface area contributed by atoms with E-state index in [1.807, 2.05) is 0 Å². The molecule has 0 rings (SSSR count). The van der Waals surface area contributed by atoms with Crippen LogP contribution in [-0.2, 0) is 4.57 Å². The van der Waals surface area contributed by atoms with E-state index in [1.54, 1.807) is 0 Å². The van der Waals surface area contributed by atoms with E-state index in [0.29, 0.717) is 12.3 Å². The van der Waals surface area contributed by atoms with Crippen LogP contribution in [0, 0.1) is 5.63 Å². The van der Waals surface area contributed by atoms with Crippen LogP contribution in [0.1, 0.15) is 6.42 Å². The SMILES string of the molecule is O=P#CCCCl. The molecule has 0 aromatic rings. The van der Waals surface area contributed by atoms with Gasteiger partial charge < -0.3 is 0 Å². The Kier molecular flexibility index (Phi) is 5.57. The van der Waals surface area contributed by atoms with Crippen molar-refractivity contribution in [1.29, 1.82) is 0 Å². The maximum atomic E-state index is 9.49. The van der Waals surface area contributed by atoms with Gasteiger partial charge in [-0.05, 0) is 0 Å². The van der Waals surface area contributed by atoms with Crippen molar-refractivity contribution in [3.8, 4) is 5.63 Å². The van der Waals surface area contributed by atoms with Crippen molar-refractivity contribution in [2.75, 3.05) is 5.88 Å². The first kappa shape index (κ1) is 6.30. The van der Waals surface area contributed by atoms with E-state index in [4.69, 9.17) is 11.6 Å². The molecule has 0 aliphatic rings. The zero-order chi connectivity index (χ0) is 4.83. The summed E-state index contributed by atoms with van der Waals surface area (Å²) in [4.78, 5) is 0. The fourth-order valence-electron chi connectivity index (χ4n) is 0.0879. The molecule has 0 unspecified atom stereocenters. The summed E-state index contributed by atoms with van der Waals surface area (Å²) in [6, 6.07) is 0. The van der Waals surface area contributed by atoms with Gasteiger partial charge in [-0.15, -0.1) is 0 Å². The maximum absolute atomic E-state index is 9.49. The minimum absolute atomic E-state index is 0.0390. The van der Waals surface area contributed by atoms with E-state index >= 15 is 0 Å². The molecule has 0 aliphatic heterocycles. The third-order valence-electron chi connectivity index (χ3n) is 0.271. The van der Waals surface area contributed by atoms with Crippen LogP contribution in [0.3, 0.4) is 0 Å². The Bertz CT molecular complexity index is 103. The number of hydrogen-bond donors (Lipinski definition) is 0. The van der Waals surface area contributed by atoms with Crippen LogP contribution in [0.15, 0.2) is 0 Å². The first-order valence-corrected chi connectivity index (χ1v) is 2.87. The molecule has 0 spiro atoms. The summed E-state index contributed by atoms with van der Waals surface area (Å²) in [5.41, 5.74) is 2.48. The zero-order valence-corrected chi connectivity index (χ0v) is 4.80. The first-order chi connectivity index (χ1) is 2.91. The number of alkyl halides is 1. The normalized spacial score (nSPS) is 6.83. The van der Waals surface area contributed by atoms with Crippen LogP contribution >= 0.6 is 19.5 Å². The molecule has 0 atom stereocenters. The predicted molar refractivity (Wildman–Crippen MR) is 26.8 cm³/mol. The molecular formula is C3H4ClOP. The Hall–Kier alpha value is 0.300. The summed E-state index contributed by atoms with van der Waals surface area (Å²) in [5.74, 6) is 0.509. The number of hydrogen-bond acceptors (Lipinski definition) is 1. The van der Waals surface area contributed by atoms with Gasteiger partial charge in [-0.25, -0.2) is 0 Å². The van der Waals surface area contributed by atoms with Gasteiger partial charge in [-0.2, -0.15) is 0 Å². The summed E-state index contributed by atoms with van der Waals surface area (Å²) in [7, 11) is -0.0390. The van der Waals surface area contributed by atoms with Crippen LogP contribution < -0.4 is 0 Å². The third kappa shape index (κ3) is 4.30. The van der Waals surface area contributed by atoms with E-state index in [-0.39, 0.29) is 7.92 Å². The average Bonchev–Trinajstić information content (AvgIpc) is 1.61. The Balaban J connectivity index is 3.01. The summed E-state index contributed by atoms with van der Waals surface area (Å²) >= 11 is 5.17. The topological polar surface area (TPSA) is 17.1 Å².